The molecule has 10 heteroatoms. The zero-order valence-corrected chi connectivity index (χ0v) is 30.1. The Morgan fingerprint density at radius 2 is 1.21 bits per heavy atom. The van der Waals surface area contributed by atoms with E-state index in [1.807, 2.05) is 6.92 Å². The van der Waals surface area contributed by atoms with Crippen molar-refractivity contribution in [3.05, 3.63) is 60.8 Å². The summed E-state index contributed by atoms with van der Waals surface area (Å²) in [7, 11) is -4.39. The van der Waals surface area contributed by atoms with Crippen LogP contribution in [0.5, 0.6) is 0 Å². The van der Waals surface area contributed by atoms with Crippen LogP contribution in [0.1, 0.15) is 129 Å². The highest BCUT2D eigenvalue weighted by Gasteiger charge is 2.23. The molecule has 0 aromatic heterocycles. The molecular weight excluding hydrogens is 617 g/mol. The second-order valence-corrected chi connectivity index (χ2v) is 12.9. The maximum absolute atomic E-state index is 11.9. The summed E-state index contributed by atoms with van der Waals surface area (Å²) in [6.45, 7) is 3.21. The van der Waals surface area contributed by atoms with Gasteiger partial charge in [-0.1, -0.05) is 120 Å². The van der Waals surface area contributed by atoms with Gasteiger partial charge in [0.25, 0.3) is 0 Å². The van der Waals surface area contributed by atoms with Gasteiger partial charge in [0.05, 0.1) is 13.2 Å². The van der Waals surface area contributed by atoms with Crippen LogP contribution < -0.4 is 5.32 Å². The average Bonchev–Trinajstić information content (AvgIpc) is 3.05. The Hall–Kier alpha value is -2.29. The second kappa shape index (κ2) is 33.6. The summed E-state index contributed by atoms with van der Waals surface area (Å²) in [5, 5.41) is 12.5. The molecule has 2 unspecified atom stereocenters. The van der Waals surface area contributed by atoms with Crippen molar-refractivity contribution in [3.8, 4) is 0 Å². The van der Waals surface area contributed by atoms with E-state index in [1.54, 1.807) is 0 Å². The predicted molar refractivity (Wildman–Crippen MR) is 192 cm³/mol. The first-order chi connectivity index (χ1) is 22.8. The molecule has 0 aromatic rings. The molecule has 0 fully saturated rings. The Labute approximate surface area is 285 Å². The molecule has 47 heavy (non-hydrogen) atoms. The maximum atomic E-state index is 11.9. The van der Waals surface area contributed by atoms with E-state index in [-0.39, 0.29) is 32.1 Å². The number of unbranched alkanes of at least 4 members (excludes halogenated alkanes) is 9. The summed E-state index contributed by atoms with van der Waals surface area (Å²) in [6, 6.07) is 0. The van der Waals surface area contributed by atoms with E-state index in [9.17, 15) is 24.2 Å². The monoisotopic (exact) mass is 681 g/mol. The van der Waals surface area contributed by atoms with Gasteiger partial charge in [-0.15, -0.1) is 0 Å². The summed E-state index contributed by atoms with van der Waals surface area (Å²) in [5.41, 5.74) is 0. The highest BCUT2D eigenvalue weighted by atomic mass is 31.2. The number of ether oxygens (including phenoxy) is 1. The van der Waals surface area contributed by atoms with Crippen LogP contribution in [-0.4, -0.2) is 54.3 Å². The molecule has 1 amide bonds. The molecule has 3 N–H and O–H groups in total. The quantitative estimate of drug-likeness (QED) is 0.0278. The van der Waals surface area contributed by atoms with Gasteiger partial charge in [-0.05, 0) is 57.8 Å². The Balaban J connectivity index is 3.62. The fourth-order valence-corrected chi connectivity index (χ4v) is 5.04. The van der Waals surface area contributed by atoms with Crippen LogP contribution in [0.25, 0.3) is 0 Å². The summed E-state index contributed by atoms with van der Waals surface area (Å²) < 4.78 is 26.5. The minimum Gasteiger partial charge on any atom is -0.463 e. The van der Waals surface area contributed by atoms with E-state index in [4.69, 9.17) is 13.8 Å². The van der Waals surface area contributed by atoms with E-state index in [0.29, 0.717) is 6.42 Å². The number of allylic oxidation sites excluding steroid dienone is 10. The average molecular weight is 682 g/mol. The number of amides is 1. The number of nitrogens with one attached hydrogen (secondary N) is 1. The van der Waals surface area contributed by atoms with Crippen molar-refractivity contribution >= 4 is 19.7 Å². The third kappa shape index (κ3) is 34.9. The Bertz CT molecular complexity index is 960. The Morgan fingerprint density at radius 3 is 1.81 bits per heavy atom. The number of carbonyl (C=O) groups is 2. The van der Waals surface area contributed by atoms with Crippen LogP contribution in [0.3, 0.4) is 0 Å². The smallest absolute Gasteiger partial charge is 0.463 e. The van der Waals surface area contributed by atoms with Gasteiger partial charge in [0.15, 0.2) is 0 Å². The number of carbonyl (C=O) groups excluding carboxylic acids is 2. The normalized spacial score (nSPS) is 14.2. The molecule has 0 bridgehead atoms. The fraction of sp³-hybridized carbons (Fsp3) is 0.676. The molecule has 0 saturated carbocycles. The van der Waals surface area contributed by atoms with Crippen molar-refractivity contribution in [2.75, 3.05) is 26.4 Å². The molecule has 2 atom stereocenters. The summed E-state index contributed by atoms with van der Waals surface area (Å²) >= 11 is 0. The van der Waals surface area contributed by atoms with Gasteiger partial charge in [-0.25, -0.2) is 4.57 Å². The second-order valence-electron chi connectivity index (χ2n) is 11.5. The minimum absolute atomic E-state index is 0.0742. The number of esters is 1. The molecule has 0 saturated heterocycles. The molecule has 0 spiro atoms. The van der Waals surface area contributed by atoms with Crippen molar-refractivity contribution in [1.29, 1.82) is 0 Å². The van der Waals surface area contributed by atoms with Crippen LogP contribution in [0, 0.1) is 0 Å². The minimum atomic E-state index is -4.39. The van der Waals surface area contributed by atoms with Gasteiger partial charge in [-0.3, -0.25) is 18.6 Å². The molecule has 0 rings (SSSR count). The van der Waals surface area contributed by atoms with Gasteiger partial charge in [-0.2, -0.15) is 0 Å². The van der Waals surface area contributed by atoms with Crippen molar-refractivity contribution in [2.24, 2.45) is 0 Å². The van der Waals surface area contributed by atoms with Crippen molar-refractivity contribution < 1.29 is 37.9 Å². The predicted octanol–water partition coefficient (Wildman–Crippen LogP) is 8.98. The first-order valence-corrected chi connectivity index (χ1v) is 19.3. The topological polar surface area (TPSA) is 131 Å². The standard InChI is InChI=1S/C37H64NO8P/c1-3-5-7-8-9-10-11-12-13-14-15-16-17-18-19-20-21-22-23-24-25-26-28-30-37(41)44-33-35(39)34-46-47(42,43)45-32-31-38-36(40)29-27-6-4-2/h5,7,9-10,12-13,15-16,18-19,35,39H,3-4,6,8,11,14,17,20-34H2,1-2H3,(H,38,40)(H,42,43)/b7-5-,10-9-,13-12-,16-15-,19-18-. The van der Waals surface area contributed by atoms with Crippen LogP contribution in [-0.2, 0) is 27.9 Å². The van der Waals surface area contributed by atoms with Gasteiger partial charge >= 0.3 is 13.8 Å². The van der Waals surface area contributed by atoms with Gasteiger partial charge in [0.1, 0.15) is 12.7 Å². The zero-order chi connectivity index (χ0) is 34.7. The number of hydrogen-bond donors (Lipinski definition) is 3. The van der Waals surface area contributed by atoms with E-state index >= 15 is 0 Å². The summed E-state index contributed by atoms with van der Waals surface area (Å²) in [6.07, 6.45) is 38.0. The van der Waals surface area contributed by atoms with Crippen molar-refractivity contribution in [1.82, 2.24) is 5.32 Å². The van der Waals surface area contributed by atoms with Crippen molar-refractivity contribution in [2.45, 2.75) is 136 Å². The van der Waals surface area contributed by atoms with Crippen LogP contribution in [0.15, 0.2) is 60.8 Å². The van der Waals surface area contributed by atoms with Crippen LogP contribution in [0.2, 0.25) is 0 Å². The number of phosphoric acid groups is 1. The van der Waals surface area contributed by atoms with Crippen molar-refractivity contribution in [3.63, 3.8) is 0 Å². The molecule has 0 heterocycles. The lowest BCUT2D eigenvalue weighted by Crippen LogP contribution is -2.27. The Morgan fingerprint density at radius 1 is 0.681 bits per heavy atom. The van der Waals surface area contributed by atoms with Crippen LogP contribution >= 0.6 is 7.82 Å². The first-order valence-electron chi connectivity index (χ1n) is 17.8. The first kappa shape index (κ1) is 44.7. The highest BCUT2D eigenvalue weighted by Crippen LogP contribution is 2.42. The van der Waals surface area contributed by atoms with Gasteiger partial charge in [0, 0.05) is 19.4 Å². The third-order valence-corrected chi connectivity index (χ3v) is 7.95. The Kier molecular flexibility index (Phi) is 32.0. The van der Waals surface area contributed by atoms with E-state index < -0.39 is 26.5 Å². The number of hydrogen-bond acceptors (Lipinski definition) is 7. The number of aliphatic hydroxyl groups is 1. The molecule has 9 nitrogen and oxygen atoms in total. The molecule has 0 aliphatic carbocycles. The molecule has 0 aliphatic heterocycles. The SMILES string of the molecule is CC/C=C\C/C=C\C/C=C\C/C=C\C/C=C\CCCCCCCCCC(=O)OCC(O)COP(=O)(O)OCCNC(=O)CCCCC. The van der Waals surface area contributed by atoms with Gasteiger partial charge in [0.2, 0.25) is 5.91 Å². The molecule has 0 aliphatic rings. The lowest BCUT2D eigenvalue weighted by atomic mass is 10.1. The zero-order valence-electron chi connectivity index (χ0n) is 29.2. The summed E-state index contributed by atoms with van der Waals surface area (Å²) in [4.78, 5) is 33.2. The highest BCUT2D eigenvalue weighted by molar-refractivity contribution is 7.47. The molecule has 0 aromatic carbocycles. The van der Waals surface area contributed by atoms with E-state index in [0.717, 1.165) is 83.5 Å². The lowest BCUT2D eigenvalue weighted by molar-refractivity contribution is -0.147. The van der Waals surface area contributed by atoms with E-state index in [1.165, 1.54) is 19.3 Å². The summed E-state index contributed by atoms with van der Waals surface area (Å²) in [5.74, 6) is -0.559. The molecular formula is C37H64NO8P. The maximum Gasteiger partial charge on any atom is 0.472 e. The number of rotatable bonds is 32. The lowest BCUT2D eigenvalue weighted by Gasteiger charge is -2.15. The fourth-order valence-electron chi connectivity index (χ4n) is 4.29. The van der Waals surface area contributed by atoms with Gasteiger partial charge < -0.3 is 20.1 Å². The van der Waals surface area contributed by atoms with Crippen LogP contribution in [0.4, 0.5) is 0 Å². The third-order valence-electron chi connectivity index (χ3n) is 6.96. The molecule has 270 valence electrons. The number of aliphatic hydroxyl groups excluding tert-OH is 1. The largest absolute Gasteiger partial charge is 0.472 e. The number of phosphoric ester groups is 1. The molecule has 0 radical (unpaired) electrons. The van der Waals surface area contributed by atoms with E-state index in [2.05, 4.69) is 73.0 Å².